The predicted octanol–water partition coefficient (Wildman–Crippen LogP) is 3.28. The Morgan fingerprint density at radius 1 is 1.16 bits per heavy atom. The number of benzene rings is 1. The summed E-state index contributed by atoms with van der Waals surface area (Å²) >= 11 is 1.37. The highest BCUT2D eigenvalue weighted by Gasteiger charge is 2.42. The van der Waals surface area contributed by atoms with Gasteiger partial charge in [0, 0.05) is 17.6 Å². The molecule has 1 unspecified atom stereocenters. The van der Waals surface area contributed by atoms with E-state index in [0.29, 0.717) is 11.6 Å². The van der Waals surface area contributed by atoms with Crippen molar-refractivity contribution in [2.75, 3.05) is 17.3 Å². The molecule has 0 bridgehead atoms. The second-order valence-electron chi connectivity index (χ2n) is 8.72. The minimum atomic E-state index is -3.04. The van der Waals surface area contributed by atoms with Crippen molar-refractivity contribution in [2.45, 2.75) is 50.4 Å². The second-order valence-corrected chi connectivity index (χ2v) is 11.9. The first-order valence-corrected chi connectivity index (χ1v) is 13.7. The Balaban J connectivity index is 1.43. The average molecular weight is 471 g/mol. The summed E-state index contributed by atoms with van der Waals surface area (Å²) in [6, 6.07) is 12.0. The number of sulfone groups is 1. The zero-order chi connectivity index (χ0) is 22.5. The van der Waals surface area contributed by atoms with E-state index in [4.69, 9.17) is 4.98 Å². The molecule has 1 atom stereocenters. The molecule has 0 radical (unpaired) electrons. The van der Waals surface area contributed by atoms with Gasteiger partial charge in [0.2, 0.25) is 5.91 Å². The molecule has 3 heterocycles. The predicted molar refractivity (Wildman–Crippen MR) is 126 cm³/mol. The van der Waals surface area contributed by atoms with Gasteiger partial charge in [-0.1, -0.05) is 42.1 Å². The van der Waals surface area contributed by atoms with Crippen LogP contribution in [0.3, 0.4) is 0 Å². The highest BCUT2D eigenvalue weighted by Crippen LogP contribution is 2.34. The zero-order valence-electron chi connectivity index (χ0n) is 18.2. The van der Waals surface area contributed by atoms with Gasteiger partial charge in [0.15, 0.2) is 15.0 Å². The molecule has 7 nitrogen and oxygen atoms in total. The van der Waals surface area contributed by atoms with Gasteiger partial charge in [-0.15, -0.1) is 0 Å². The Morgan fingerprint density at radius 2 is 1.91 bits per heavy atom. The lowest BCUT2D eigenvalue weighted by Crippen LogP contribution is -2.43. The van der Waals surface area contributed by atoms with Crippen LogP contribution in [0.1, 0.15) is 30.5 Å². The lowest BCUT2D eigenvalue weighted by molar-refractivity contribution is -0.130. The van der Waals surface area contributed by atoms with Gasteiger partial charge in [0.05, 0.1) is 34.2 Å². The van der Waals surface area contributed by atoms with Crippen molar-refractivity contribution >= 4 is 33.0 Å². The van der Waals surface area contributed by atoms with Crippen molar-refractivity contribution in [2.24, 2.45) is 0 Å². The summed E-state index contributed by atoms with van der Waals surface area (Å²) in [4.78, 5) is 19.9. The van der Waals surface area contributed by atoms with Crippen LogP contribution in [0.5, 0.6) is 0 Å². The number of aromatic nitrogens is 3. The van der Waals surface area contributed by atoms with Gasteiger partial charge in [0.1, 0.15) is 0 Å². The first kappa shape index (κ1) is 21.5. The van der Waals surface area contributed by atoms with Crippen molar-refractivity contribution in [3.05, 3.63) is 47.7 Å². The zero-order valence-corrected chi connectivity index (χ0v) is 19.8. The van der Waals surface area contributed by atoms with Crippen molar-refractivity contribution in [1.29, 1.82) is 0 Å². The molecule has 1 saturated heterocycles. The SMILES string of the molecule is Cc1cc(C)c2c(-c3ccccc3)nc(SCC(=O)N(C3CC3)C3CCS(=O)(=O)C3)n2n1. The Labute approximate surface area is 192 Å². The smallest absolute Gasteiger partial charge is 0.233 e. The van der Waals surface area contributed by atoms with E-state index in [0.717, 1.165) is 40.9 Å². The quantitative estimate of drug-likeness (QED) is 0.514. The Hall–Kier alpha value is -2.39. The van der Waals surface area contributed by atoms with E-state index in [2.05, 4.69) is 5.10 Å². The first-order chi connectivity index (χ1) is 15.3. The standard InChI is InChI=1S/C23H26N4O3S2/c1-15-12-16(2)25-27-22(15)21(17-6-4-3-5-7-17)24-23(27)31-13-20(28)26(18-8-9-18)19-10-11-32(29,30)14-19/h3-7,12,18-19H,8-11,13-14H2,1-2H3. The first-order valence-electron chi connectivity index (χ1n) is 10.9. The molecule has 2 aliphatic rings. The number of carbonyl (C=O) groups excluding carboxylic acids is 1. The summed E-state index contributed by atoms with van der Waals surface area (Å²) in [7, 11) is -3.04. The summed E-state index contributed by atoms with van der Waals surface area (Å²) in [5.74, 6) is 0.469. The summed E-state index contributed by atoms with van der Waals surface area (Å²) < 4.78 is 25.8. The molecule has 0 spiro atoms. The topological polar surface area (TPSA) is 84.6 Å². The van der Waals surface area contributed by atoms with E-state index in [1.165, 1.54) is 11.8 Å². The summed E-state index contributed by atoms with van der Waals surface area (Å²) in [5, 5.41) is 5.35. The maximum atomic E-state index is 13.2. The summed E-state index contributed by atoms with van der Waals surface area (Å²) in [6.45, 7) is 4.00. The minimum Gasteiger partial charge on any atom is -0.335 e. The fourth-order valence-electron chi connectivity index (χ4n) is 4.55. The van der Waals surface area contributed by atoms with Gasteiger partial charge in [0.25, 0.3) is 0 Å². The molecule has 32 heavy (non-hydrogen) atoms. The lowest BCUT2D eigenvalue weighted by Gasteiger charge is -2.28. The molecule has 5 rings (SSSR count). The van der Waals surface area contributed by atoms with E-state index in [9.17, 15) is 13.2 Å². The third-order valence-corrected chi connectivity index (χ3v) is 8.75. The fourth-order valence-corrected chi connectivity index (χ4v) is 7.07. The van der Waals surface area contributed by atoms with Gasteiger partial charge >= 0.3 is 0 Å². The number of imidazole rings is 1. The van der Waals surface area contributed by atoms with Gasteiger partial charge < -0.3 is 4.90 Å². The maximum Gasteiger partial charge on any atom is 0.233 e. The number of nitrogens with zero attached hydrogens (tertiary/aromatic N) is 4. The number of aryl methyl sites for hydroxylation is 2. The number of carbonyl (C=O) groups is 1. The van der Waals surface area contributed by atoms with Gasteiger partial charge in [-0.05, 0) is 44.7 Å². The van der Waals surface area contributed by atoms with Crippen molar-refractivity contribution in [3.8, 4) is 11.3 Å². The number of fused-ring (bicyclic) bond motifs is 1. The Bertz CT molecular complexity index is 1280. The number of rotatable bonds is 6. The van der Waals surface area contributed by atoms with Crippen LogP contribution in [0.25, 0.3) is 16.8 Å². The molecule has 1 amide bonds. The molecule has 2 fully saturated rings. The molecule has 2 aromatic heterocycles. The van der Waals surface area contributed by atoms with Gasteiger partial charge in [-0.2, -0.15) is 5.10 Å². The Kier molecular flexibility index (Phi) is 5.49. The van der Waals surface area contributed by atoms with Crippen LogP contribution >= 0.6 is 11.8 Å². The summed E-state index contributed by atoms with van der Waals surface area (Å²) in [6.07, 6.45) is 2.45. The largest absolute Gasteiger partial charge is 0.335 e. The van der Waals surface area contributed by atoms with E-state index in [1.54, 1.807) is 0 Å². The molecular weight excluding hydrogens is 444 g/mol. The van der Waals surface area contributed by atoms with Crippen LogP contribution in [0.4, 0.5) is 0 Å². The third-order valence-electron chi connectivity index (χ3n) is 6.08. The number of hydrogen-bond donors (Lipinski definition) is 0. The lowest BCUT2D eigenvalue weighted by atomic mass is 10.1. The van der Waals surface area contributed by atoms with Gasteiger partial charge in [-0.25, -0.2) is 17.9 Å². The highest BCUT2D eigenvalue weighted by molar-refractivity contribution is 7.99. The molecule has 1 aromatic carbocycles. The van der Waals surface area contributed by atoms with Crippen molar-refractivity contribution in [3.63, 3.8) is 0 Å². The summed E-state index contributed by atoms with van der Waals surface area (Å²) in [5.41, 5.74) is 4.77. The van der Waals surface area contributed by atoms with Gasteiger partial charge in [-0.3, -0.25) is 4.79 Å². The maximum absolute atomic E-state index is 13.2. The van der Waals surface area contributed by atoms with E-state index in [1.807, 2.05) is 59.7 Å². The highest BCUT2D eigenvalue weighted by atomic mass is 32.2. The molecule has 168 valence electrons. The minimum absolute atomic E-state index is 0.0120. The molecule has 9 heteroatoms. The third kappa shape index (κ3) is 4.15. The van der Waals surface area contributed by atoms with Crippen LogP contribution in [0.15, 0.2) is 41.6 Å². The molecule has 3 aromatic rings. The van der Waals surface area contributed by atoms with Crippen LogP contribution in [0.2, 0.25) is 0 Å². The second kappa shape index (κ2) is 8.19. The van der Waals surface area contributed by atoms with E-state index < -0.39 is 9.84 Å². The molecular formula is C23H26N4O3S2. The monoisotopic (exact) mass is 470 g/mol. The molecule has 1 aliphatic carbocycles. The van der Waals surface area contributed by atoms with Crippen molar-refractivity contribution in [1.82, 2.24) is 19.5 Å². The van der Waals surface area contributed by atoms with E-state index >= 15 is 0 Å². The Morgan fingerprint density at radius 3 is 2.56 bits per heavy atom. The number of amides is 1. The van der Waals surface area contributed by atoms with E-state index in [-0.39, 0.29) is 35.2 Å². The van der Waals surface area contributed by atoms with Crippen LogP contribution in [0, 0.1) is 13.8 Å². The van der Waals surface area contributed by atoms with Crippen molar-refractivity contribution < 1.29 is 13.2 Å². The van der Waals surface area contributed by atoms with Crippen LogP contribution in [-0.4, -0.2) is 63.2 Å². The average Bonchev–Trinajstić information content (AvgIpc) is 3.41. The molecule has 1 saturated carbocycles. The van der Waals surface area contributed by atoms with Crippen LogP contribution < -0.4 is 0 Å². The fraction of sp³-hybridized carbons (Fsp3) is 0.435. The number of hydrogen-bond acceptors (Lipinski definition) is 6. The normalized spacial score (nSPS) is 20.0. The number of thioether (sulfide) groups is 1. The molecule has 1 aliphatic heterocycles. The molecule has 0 N–H and O–H groups in total. The van der Waals surface area contributed by atoms with Crippen LogP contribution in [-0.2, 0) is 14.6 Å².